The molecule has 35 heavy (non-hydrogen) atoms. The summed E-state index contributed by atoms with van der Waals surface area (Å²) in [6.45, 7) is 1.03. The van der Waals surface area contributed by atoms with E-state index in [0.29, 0.717) is 15.5 Å². The average Bonchev–Trinajstić information content (AvgIpc) is 3.18. The molecule has 0 radical (unpaired) electrons. The molecule has 0 aliphatic rings. The Morgan fingerprint density at radius 3 is 2.26 bits per heavy atom. The quantitative estimate of drug-likeness (QED) is 0.340. The van der Waals surface area contributed by atoms with Crippen LogP contribution in [0, 0.1) is 11.6 Å². The lowest BCUT2D eigenvalue weighted by Crippen LogP contribution is -2.34. The van der Waals surface area contributed by atoms with Crippen molar-refractivity contribution in [2.24, 2.45) is 0 Å². The molecule has 0 saturated heterocycles. The highest BCUT2D eigenvalue weighted by molar-refractivity contribution is 6.31. The van der Waals surface area contributed by atoms with Crippen molar-refractivity contribution in [3.05, 3.63) is 80.5 Å². The van der Waals surface area contributed by atoms with Gasteiger partial charge >= 0.3 is 18.0 Å². The molecule has 3 rings (SSSR count). The standard InChI is InChI=1S/C21H14ClF8N3O2/c1-2-32(14-4-3-13(23)17(22)18(14)24)16(34)9-11-12(21(28,29)30)7-10(20(25,26)27)8-15(11)33-6-5-31-19(33)35/h3-8H,2,9H2,1H3,(H,31,35). The molecule has 1 N–H and O–H groups in total. The molecule has 0 saturated carbocycles. The number of halogens is 9. The number of nitrogens with one attached hydrogen (secondary N) is 1. The van der Waals surface area contributed by atoms with E-state index >= 15 is 0 Å². The highest BCUT2D eigenvalue weighted by Crippen LogP contribution is 2.40. The molecule has 188 valence electrons. The number of likely N-dealkylation sites (N-methyl/N-ethyl adjacent to an activating group) is 1. The van der Waals surface area contributed by atoms with E-state index in [1.54, 1.807) is 0 Å². The molecule has 2 aromatic carbocycles. The van der Waals surface area contributed by atoms with E-state index in [1.807, 2.05) is 0 Å². The summed E-state index contributed by atoms with van der Waals surface area (Å²) in [5.41, 5.74) is -6.92. The average molecular weight is 528 g/mol. The molecule has 5 nitrogen and oxygen atoms in total. The molecule has 0 aliphatic carbocycles. The lowest BCUT2D eigenvalue weighted by atomic mass is 9.97. The maximum absolute atomic E-state index is 14.5. The molecule has 14 heteroatoms. The number of alkyl halides is 6. The van der Waals surface area contributed by atoms with E-state index in [-0.39, 0.29) is 12.6 Å². The molecular weight excluding hydrogens is 514 g/mol. The third kappa shape index (κ3) is 5.19. The molecule has 0 atom stereocenters. The molecule has 0 fully saturated rings. The Kier molecular flexibility index (Phi) is 7.02. The number of aromatic nitrogens is 2. The molecular formula is C21H14ClF8N3O2. The topological polar surface area (TPSA) is 58.1 Å². The fraction of sp³-hybridized carbons (Fsp3) is 0.238. The van der Waals surface area contributed by atoms with E-state index in [4.69, 9.17) is 11.6 Å². The van der Waals surface area contributed by atoms with Crippen molar-refractivity contribution < 1.29 is 39.9 Å². The van der Waals surface area contributed by atoms with Gasteiger partial charge in [0, 0.05) is 18.9 Å². The van der Waals surface area contributed by atoms with Crippen molar-refractivity contribution in [2.75, 3.05) is 11.4 Å². The van der Waals surface area contributed by atoms with E-state index in [9.17, 15) is 44.7 Å². The van der Waals surface area contributed by atoms with E-state index in [1.165, 1.54) is 6.92 Å². The van der Waals surface area contributed by atoms with Crippen LogP contribution in [-0.2, 0) is 23.6 Å². The Morgan fingerprint density at radius 2 is 1.74 bits per heavy atom. The van der Waals surface area contributed by atoms with Crippen molar-refractivity contribution in [1.29, 1.82) is 0 Å². The van der Waals surface area contributed by atoms with Crippen LogP contribution in [0.2, 0.25) is 5.02 Å². The first-order valence-electron chi connectivity index (χ1n) is 9.68. The first kappa shape index (κ1) is 26.3. The third-order valence-electron chi connectivity index (χ3n) is 5.02. The summed E-state index contributed by atoms with van der Waals surface area (Å²) < 4.78 is 110. The molecule has 1 amide bonds. The van der Waals surface area contributed by atoms with E-state index < -0.39 is 75.1 Å². The molecule has 0 aliphatic heterocycles. The number of H-pyrrole nitrogens is 1. The largest absolute Gasteiger partial charge is 0.416 e. The van der Waals surface area contributed by atoms with Crippen molar-refractivity contribution >= 4 is 23.2 Å². The normalized spacial score (nSPS) is 12.2. The fourth-order valence-electron chi connectivity index (χ4n) is 3.44. The zero-order valence-corrected chi connectivity index (χ0v) is 18.2. The number of hydrogen-bond acceptors (Lipinski definition) is 2. The fourth-order valence-corrected chi connectivity index (χ4v) is 3.60. The van der Waals surface area contributed by atoms with Gasteiger partial charge in [-0.3, -0.25) is 9.36 Å². The van der Waals surface area contributed by atoms with Crippen LogP contribution in [0.4, 0.5) is 40.8 Å². The second-order valence-electron chi connectivity index (χ2n) is 7.16. The molecule has 1 aromatic heterocycles. The highest BCUT2D eigenvalue weighted by atomic mass is 35.5. The Labute approximate surface area is 196 Å². The van der Waals surface area contributed by atoms with E-state index in [0.717, 1.165) is 24.5 Å². The van der Waals surface area contributed by atoms with Crippen molar-refractivity contribution in [3.8, 4) is 5.69 Å². The highest BCUT2D eigenvalue weighted by Gasteiger charge is 2.40. The number of aromatic amines is 1. The summed E-state index contributed by atoms with van der Waals surface area (Å²) in [5.74, 6) is -3.68. The minimum absolute atomic E-state index is 0.171. The molecule has 3 aromatic rings. The third-order valence-corrected chi connectivity index (χ3v) is 5.37. The van der Waals surface area contributed by atoms with Crippen LogP contribution in [-0.4, -0.2) is 22.0 Å². The number of nitrogens with zero attached hydrogens (tertiary/aromatic N) is 2. The van der Waals surface area contributed by atoms with Crippen molar-refractivity contribution in [3.63, 3.8) is 0 Å². The molecule has 0 bridgehead atoms. The van der Waals surface area contributed by atoms with Crippen LogP contribution < -0.4 is 10.6 Å². The number of rotatable bonds is 5. The monoisotopic (exact) mass is 527 g/mol. The number of anilines is 1. The van der Waals surface area contributed by atoms with Gasteiger partial charge in [-0.15, -0.1) is 0 Å². The number of carbonyl (C=O) groups excluding carboxylic acids is 1. The molecule has 0 spiro atoms. The van der Waals surface area contributed by atoms with Gasteiger partial charge in [0.05, 0.1) is 28.9 Å². The number of imidazole rings is 1. The molecule has 1 heterocycles. The molecule has 0 unspecified atom stereocenters. The summed E-state index contributed by atoms with van der Waals surface area (Å²) in [5, 5.41) is -0.959. The summed E-state index contributed by atoms with van der Waals surface area (Å²) >= 11 is 5.52. The van der Waals surface area contributed by atoms with Gasteiger partial charge in [-0.1, -0.05) is 11.6 Å². The Hall–Kier alpha value is -3.35. The first-order valence-corrected chi connectivity index (χ1v) is 10.1. The minimum Gasteiger partial charge on any atom is -0.312 e. The van der Waals surface area contributed by atoms with Gasteiger partial charge in [-0.05, 0) is 36.8 Å². The van der Waals surface area contributed by atoms with E-state index in [2.05, 4.69) is 4.98 Å². The van der Waals surface area contributed by atoms with Crippen LogP contribution in [0.5, 0.6) is 0 Å². The number of carbonyl (C=O) groups is 1. The Bertz CT molecular complexity index is 1330. The van der Waals surface area contributed by atoms with Crippen LogP contribution in [0.1, 0.15) is 23.6 Å². The predicted molar refractivity (Wildman–Crippen MR) is 109 cm³/mol. The second-order valence-corrected chi connectivity index (χ2v) is 7.54. The zero-order chi connectivity index (χ0) is 26.3. The maximum Gasteiger partial charge on any atom is 0.416 e. The van der Waals surface area contributed by atoms with Gasteiger partial charge in [-0.2, -0.15) is 26.3 Å². The minimum atomic E-state index is -5.35. The van der Waals surface area contributed by atoms with Crippen molar-refractivity contribution in [2.45, 2.75) is 25.7 Å². The number of benzene rings is 2. The smallest absolute Gasteiger partial charge is 0.312 e. The van der Waals surface area contributed by atoms with Gasteiger partial charge < -0.3 is 9.88 Å². The van der Waals surface area contributed by atoms with Gasteiger partial charge in [0.15, 0.2) is 5.82 Å². The summed E-state index contributed by atoms with van der Waals surface area (Å²) in [6.07, 6.45) is -9.87. The van der Waals surface area contributed by atoms with Gasteiger partial charge in [-0.25, -0.2) is 13.6 Å². The van der Waals surface area contributed by atoms with Crippen LogP contribution >= 0.6 is 11.6 Å². The maximum atomic E-state index is 14.5. The Balaban J connectivity index is 2.23. The van der Waals surface area contributed by atoms with Gasteiger partial charge in [0.2, 0.25) is 5.91 Å². The Morgan fingerprint density at radius 1 is 1.09 bits per heavy atom. The van der Waals surface area contributed by atoms with Gasteiger partial charge in [0.1, 0.15) is 10.8 Å². The van der Waals surface area contributed by atoms with Crippen LogP contribution in [0.25, 0.3) is 5.69 Å². The number of amides is 1. The van der Waals surface area contributed by atoms with Crippen LogP contribution in [0.15, 0.2) is 41.5 Å². The number of hydrogen-bond donors (Lipinski definition) is 1. The SMILES string of the molecule is CCN(C(=O)Cc1c(-n2cc[nH]c2=O)cc(C(F)(F)F)cc1C(F)(F)F)c1ccc(F)c(Cl)c1F. The summed E-state index contributed by atoms with van der Waals surface area (Å²) in [6, 6.07) is 1.71. The van der Waals surface area contributed by atoms with Gasteiger partial charge in [0.25, 0.3) is 0 Å². The first-order chi connectivity index (χ1) is 16.2. The van der Waals surface area contributed by atoms with Crippen molar-refractivity contribution in [1.82, 2.24) is 9.55 Å². The lowest BCUT2D eigenvalue weighted by molar-refractivity contribution is -0.143. The second kappa shape index (κ2) is 9.36. The summed E-state index contributed by atoms with van der Waals surface area (Å²) in [7, 11) is 0. The van der Waals surface area contributed by atoms with Crippen LogP contribution in [0.3, 0.4) is 0 Å². The zero-order valence-electron chi connectivity index (χ0n) is 17.5. The summed E-state index contributed by atoms with van der Waals surface area (Å²) in [4.78, 5) is 27.8. The predicted octanol–water partition coefficient (Wildman–Crippen LogP) is 5.73. The lowest BCUT2D eigenvalue weighted by Gasteiger charge is -2.25.